The van der Waals surface area contributed by atoms with Crippen LogP contribution in [0.2, 0.25) is 5.02 Å². The normalized spacial score (nSPS) is 16.4. The minimum atomic E-state index is -0.556. The summed E-state index contributed by atoms with van der Waals surface area (Å²) < 4.78 is 10.6. The first kappa shape index (κ1) is 21.9. The quantitative estimate of drug-likeness (QED) is 0.404. The third-order valence-electron chi connectivity index (χ3n) is 5.06. The van der Waals surface area contributed by atoms with Gasteiger partial charge in [-0.25, -0.2) is 4.79 Å². The first-order valence-electron chi connectivity index (χ1n) is 9.98. The fourth-order valence-corrected chi connectivity index (χ4v) is 4.56. The lowest BCUT2D eigenvalue weighted by atomic mass is 10.1. The molecule has 3 heterocycles. The number of hydrogen-bond donors (Lipinski definition) is 1. The summed E-state index contributed by atoms with van der Waals surface area (Å²) in [6.45, 7) is 0. The number of carbonyl (C=O) groups is 2. The van der Waals surface area contributed by atoms with Crippen LogP contribution in [0.4, 0.5) is 0 Å². The monoisotopic (exact) mass is 490 g/mol. The van der Waals surface area contributed by atoms with Crippen molar-refractivity contribution in [3.05, 3.63) is 88.1 Å². The molecule has 1 amide bonds. The number of hydrazone groups is 1. The molecule has 3 aromatic rings. The van der Waals surface area contributed by atoms with Gasteiger partial charge in [-0.15, -0.1) is 0 Å². The topological polar surface area (TPSA) is 108 Å². The number of methoxy groups -OCH3 is 1. The molecule has 1 N–H and O–H groups in total. The van der Waals surface area contributed by atoms with E-state index in [0.29, 0.717) is 37.9 Å². The molecule has 0 spiro atoms. The van der Waals surface area contributed by atoms with Gasteiger partial charge < -0.3 is 9.15 Å². The number of fused-ring (bicyclic) bond motifs is 1. The molecular formula is C24H15ClN4O4S. The van der Waals surface area contributed by atoms with Crippen molar-refractivity contribution in [3.63, 3.8) is 0 Å². The van der Waals surface area contributed by atoms with Crippen LogP contribution in [0.1, 0.15) is 21.7 Å². The molecule has 0 bridgehead atoms. The molecule has 10 heteroatoms. The van der Waals surface area contributed by atoms with E-state index in [1.54, 1.807) is 42.5 Å². The average molecular weight is 491 g/mol. The number of nitrogens with one attached hydrogen (secondary N) is 1. The van der Waals surface area contributed by atoms with Crippen LogP contribution in [0.25, 0.3) is 17.4 Å². The number of aliphatic imine (C=N–C) groups is 1. The highest BCUT2D eigenvalue weighted by molar-refractivity contribution is 8.27. The maximum absolute atomic E-state index is 12.7. The number of hydrogen-bond acceptors (Lipinski definition) is 7. The molecule has 8 nitrogen and oxygen atoms in total. The Kier molecular flexibility index (Phi) is 5.64. The van der Waals surface area contributed by atoms with Crippen LogP contribution in [0, 0.1) is 5.41 Å². The highest BCUT2D eigenvalue weighted by atomic mass is 35.5. The van der Waals surface area contributed by atoms with Crippen molar-refractivity contribution in [3.8, 4) is 11.3 Å². The number of halogens is 1. The number of nitrogens with zero attached hydrogens (tertiary/aromatic N) is 3. The van der Waals surface area contributed by atoms with E-state index in [1.165, 1.54) is 30.0 Å². The van der Waals surface area contributed by atoms with E-state index < -0.39 is 11.9 Å². The van der Waals surface area contributed by atoms with Crippen molar-refractivity contribution < 1.29 is 18.7 Å². The minimum absolute atomic E-state index is 0.0513. The molecule has 2 aliphatic rings. The van der Waals surface area contributed by atoms with E-state index in [9.17, 15) is 9.59 Å². The second-order valence-electron chi connectivity index (χ2n) is 7.18. The molecule has 1 aromatic heterocycles. The molecular weight excluding hydrogens is 476 g/mol. The van der Waals surface area contributed by atoms with E-state index in [-0.39, 0.29) is 11.4 Å². The van der Waals surface area contributed by atoms with Gasteiger partial charge in [0, 0.05) is 11.1 Å². The zero-order valence-electron chi connectivity index (χ0n) is 17.6. The van der Waals surface area contributed by atoms with E-state index in [1.807, 2.05) is 18.2 Å². The Morgan fingerprint density at radius 1 is 1.15 bits per heavy atom. The summed E-state index contributed by atoms with van der Waals surface area (Å²) in [6, 6.07) is 17.4. The summed E-state index contributed by atoms with van der Waals surface area (Å²) in [7, 11) is 1.32. The zero-order valence-corrected chi connectivity index (χ0v) is 19.2. The molecule has 0 unspecified atom stereocenters. The Hall–Kier alpha value is -3.95. The standard InChI is InChI=1S/C24H15ClN4O4S/c1-32-23(31)14-8-6-13(7-9-14)19-11-10-15(33-19)12-17-20(26)29-24(27-21(17)30)34-22(28-29)16-4-2-3-5-18(16)25/h2-12,26H,1H3/b17-12-,26-20?. The Balaban J connectivity index is 1.41. The van der Waals surface area contributed by atoms with Crippen LogP contribution in [0.15, 0.2) is 80.7 Å². The fraction of sp³-hybridized carbons (Fsp3) is 0.0417. The number of ether oxygens (including phenoxy) is 1. The van der Waals surface area contributed by atoms with E-state index >= 15 is 0 Å². The van der Waals surface area contributed by atoms with E-state index in [0.717, 1.165) is 5.56 Å². The van der Waals surface area contributed by atoms with Crippen LogP contribution in [-0.2, 0) is 9.53 Å². The van der Waals surface area contributed by atoms with Gasteiger partial charge in [-0.2, -0.15) is 15.1 Å². The van der Waals surface area contributed by atoms with Crippen molar-refractivity contribution >= 4 is 57.4 Å². The number of amides is 1. The number of amidine groups is 2. The van der Waals surface area contributed by atoms with Gasteiger partial charge >= 0.3 is 5.97 Å². The highest BCUT2D eigenvalue weighted by Crippen LogP contribution is 2.33. The van der Waals surface area contributed by atoms with Crippen molar-refractivity contribution in [2.24, 2.45) is 10.1 Å². The van der Waals surface area contributed by atoms with Crippen LogP contribution in [0.5, 0.6) is 0 Å². The summed E-state index contributed by atoms with van der Waals surface area (Å²) >= 11 is 7.45. The van der Waals surface area contributed by atoms with Crippen molar-refractivity contribution in [2.45, 2.75) is 0 Å². The lowest BCUT2D eigenvalue weighted by Crippen LogP contribution is -2.35. The molecule has 0 saturated carbocycles. The Morgan fingerprint density at radius 2 is 1.91 bits per heavy atom. The molecule has 2 aliphatic heterocycles. The summed E-state index contributed by atoms with van der Waals surface area (Å²) in [4.78, 5) is 28.4. The molecule has 2 aromatic carbocycles. The Labute approximate surface area is 203 Å². The number of esters is 1. The molecule has 168 valence electrons. The maximum Gasteiger partial charge on any atom is 0.337 e. The molecule has 0 radical (unpaired) electrons. The van der Waals surface area contributed by atoms with Gasteiger partial charge in [0.15, 0.2) is 5.84 Å². The Morgan fingerprint density at radius 3 is 2.65 bits per heavy atom. The SMILES string of the molecule is COC(=O)c1ccc(-c2ccc(/C=C3/C(=N)N4N=C(c5ccccc5Cl)SC4=NC3=O)o2)cc1. The fourth-order valence-electron chi connectivity index (χ4n) is 3.35. The molecule has 5 rings (SSSR count). The molecule has 34 heavy (non-hydrogen) atoms. The summed E-state index contributed by atoms with van der Waals surface area (Å²) in [5.74, 6) is -0.172. The lowest BCUT2D eigenvalue weighted by molar-refractivity contribution is -0.114. The molecule has 0 aliphatic carbocycles. The summed E-state index contributed by atoms with van der Waals surface area (Å²) in [5.41, 5.74) is 1.92. The largest absolute Gasteiger partial charge is 0.465 e. The van der Waals surface area contributed by atoms with Gasteiger partial charge in [-0.05, 0) is 48.2 Å². The maximum atomic E-state index is 12.7. The smallest absolute Gasteiger partial charge is 0.337 e. The first-order valence-corrected chi connectivity index (χ1v) is 11.2. The number of furan rings is 1. The van der Waals surface area contributed by atoms with Gasteiger partial charge in [0.2, 0.25) is 5.17 Å². The molecule has 0 saturated heterocycles. The predicted octanol–water partition coefficient (Wildman–Crippen LogP) is 5.05. The summed E-state index contributed by atoms with van der Waals surface area (Å²) in [5, 5.41) is 15.7. The predicted molar refractivity (Wildman–Crippen MR) is 131 cm³/mol. The van der Waals surface area contributed by atoms with Crippen LogP contribution >= 0.6 is 23.4 Å². The van der Waals surface area contributed by atoms with Gasteiger partial charge in [-0.3, -0.25) is 10.2 Å². The first-order chi connectivity index (χ1) is 16.4. The van der Waals surface area contributed by atoms with Crippen LogP contribution < -0.4 is 0 Å². The average Bonchev–Trinajstić information content (AvgIpc) is 3.49. The highest BCUT2D eigenvalue weighted by Gasteiger charge is 2.36. The number of benzene rings is 2. The second-order valence-corrected chi connectivity index (χ2v) is 8.54. The number of thioether (sulfide) groups is 1. The van der Waals surface area contributed by atoms with Gasteiger partial charge in [0.25, 0.3) is 5.91 Å². The summed E-state index contributed by atoms with van der Waals surface area (Å²) in [6.07, 6.45) is 1.46. The van der Waals surface area contributed by atoms with Crippen LogP contribution in [-0.4, -0.2) is 40.0 Å². The zero-order chi connectivity index (χ0) is 23.8. The van der Waals surface area contributed by atoms with Crippen molar-refractivity contribution in [2.75, 3.05) is 7.11 Å². The van der Waals surface area contributed by atoms with Gasteiger partial charge in [0.1, 0.15) is 16.6 Å². The Bertz CT molecular complexity index is 1440. The number of carbonyl (C=O) groups excluding carboxylic acids is 2. The molecule has 0 atom stereocenters. The van der Waals surface area contributed by atoms with E-state index in [2.05, 4.69) is 10.1 Å². The minimum Gasteiger partial charge on any atom is -0.465 e. The van der Waals surface area contributed by atoms with Gasteiger partial charge in [0.05, 0.1) is 23.3 Å². The van der Waals surface area contributed by atoms with Crippen molar-refractivity contribution in [1.82, 2.24) is 5.01 Å². The third-order valence-corrected chi connectivity index (χ3v) is 6.33. The van der Waals surface area contributed by atoms with E-state index in [4.69, 9.17) is 26.2 Å². The molecule has 0 fully saturated rings. The van der Waals surface area contributed by atoms with Crippen molar-refractivity contribution in [1.29, 1.82) is 5.41 Å². The number of rotatable bonds is 4. The third kappa shape index (κ3) is 3.95. The van der Waals surface area contributed by atoms with Gasteiger partial charge in [-0.1, -0.05) is 41.9 Å². The second kappa shape index (κ2) is 8.77. The lowest BCUT2D eigenvalue weighted by Gasteiger charge is -2.19. The van der Waals surface area contributed by atoms with Crippen LogP contribution in [0.3, 0.4) is 0 Å².